The number of likely N-dealkylation sites (tertiary alicyclic amines) is 1. The summed E-state index contributed by atoms with van der Waals surface area (Å²) in [5.41, 5.74) is 1.11. The first kappa shape index (κ1) is 9.59. The van der Waals surface area contributed by atoms with Gasteiger partial charge in [0.15, 0.2) is 0 Å². The van der Waals surface area contributed by atoms with Crippen molar-refractivity contribution in [2.24, 2.45) is 0 Å². The predicted molar refractivity (Wildman–Crippen MR) is 50.8 cm³/mol. The minimum absolute atomic E-state index is 0.120. The second-order valence-corrected chi connectivity index (χ2v) is 3.97. The van der Waals surface area contributed by atoms with Crippen molar-refractivity contribution in [2.45, 2.75) is 51.8 Å². The number of aliphatic hydroxyl groups is 1. The number of hydrogen-bond donors (Lipinski definition) is 1. The van der Waals surface area contributed by atoms with E-state index in [-0.39, 0.29) is 6.10 Å². The van der Waals surface area contributed by atoms with E-state index in [1.165, 1.54) is 0 Å². The van der Waals surface area contributed by atoms with Gasteiger partial charge in [-0.3, -0.25) is 0 Å². The number of aliphatic hydroxyl groups excluding tert-OH is 1. The number of allylic oxidation sites excluding steroid dienone is 1. The maximum Gasteiger partial charge on any atom is 0.0579 e. The molecular formula is C10H19NO. The fourth-order valence-corrected chi connectivity index (χ4v) is 2.30. The summed E-state index contributed by atoms with van der Waals surface area (Å²) < 4.78 is 0. The molecule has 2 atom stereocenters. The molecule has 1 aliphatic rings. The Morgan fingerprint density at radius 3 is 2.08 bits per heavy atom. The third-order valence-electron chi connectivity index (χ3n) is 2.62. The minimum atomic E-state index is -0.120. The Bertz CT molecular complexity index is 167. The van der Waals surface area contributed by atoms with Crippen LogP contribution in [0.25, 0.3) is 0 Å². The first-order chi connectivity index (χ1) is 5.52. The summed E-state index contributed by atoms with van der Waals surface area (Å²) in [5.74, 6) is 0. The zero-order valence-electron chi connectivity index (χ0n) is 8.25. The summed E-state index contributed by atoms with van der Waals surface area (Å²) in [4.78, 5) is 2.30. The highest BCUT2D eigenvalue weighted by molar-refractivity contribution is 4.98. The Morgan fingerprint density at radius 2 is 1.75 bits per heavy atom. The zero-order chi connectivity index (χ0) is 9.30. The normalized spacial score (nSPS) is 36.7. The minimum Gasteiger partial charge on any atom is -0.393 e. The van der Waals surface area contributed by atoms with Crippen LogP contribution in [0.2, 0.25) is 0 Å². The molecule has 0 aromatic rings. The SMILES string of the molecule is C=C(C)N1C(C)CC(O)CC1C. The number of piperidine rings is 1. The van der Waals surface area contributed by atoms with Crippen LogP contribution in [0.3, 0.4) is 0 Å². The quantitative estimate of drug-likeness (QED) is 0.646. The molecule has 1 saturated heterocycles. The molecule has 2 nitrogen and oxygen atoms in total. The maximum atomic E-state index is 9.49. The molecule has 1 rings (SSSR count). The molecule has 0 aromatic carbocycles. The van der Waals surface area contributed by atoms with Gasteiger partial charge in [0.1, 0.15) is 0 Å². The number of hydrogen-bond acceptors (Lipinski definition) is 2. The molecule has 0 spiro atoms. The smallest absolute Gasteiger partial charge is 0.0579 e. The summed E-state index contributed by atoms with van der Waals surface area (Å²) in [5, 5.41) is 9.49. The second-order valence-electron chi connectivity index (χ2n) is 3.97. The predicted octanol–water partition coefficient (Wildman–Crippen LogP) is 1.75. The molecule has 2 heteroatoms. The van der Waals surface area contributed by atoms with Crippen molar-refractivity contribution >= 4 is 0 Å². The van der Waals surface area contributed by atoms with E-state index in [9.17, 15) is 5.11 Å². The fourth-order valence-electron chi connectivity index (χ4n) is 2.30. The largest absolute Gasteiger partial charge is 0.393 e. The van der Waals surface area contributed by atoms with Crippen LogP contribution in [0.15, 0.2) is 12.3 Å². The summed E-state index contributed by atoms with van der Waals surface area (Å²) in [7, 11) is 0. The van der Waals surface area contributed by atoms with Gasteiger partial charge >= 0.3 is 0 Å². The van der Waals surface area contributed by atoms with Crippen LogP contribution in [0, 0.1) is 0 Å². The molecule has 70 valence electrons. The van der Waals surface area contributed by atoms with Gasteiger partial charge in [0.25, 0.3) is 0 Å². The monoisotopic (exact) mass is 169 g/mol. The van der Waals surface area contributed by atoms with Gasteiger partial charge in [-0.25, -0.2) is 0 Å². The summed E-state index contributed by atoms with van der Waals surface area (Å²) in [6.45, 7) is 10.3. The molecule has 2 unspecified atom stereocenters. The van der Waals surface area contributed by atoms with Gasteiger partial charge in [-0.05, 0) is 33.6 Å². The molecule has 0 radical (unpaired) electrons. The lowest BCUT2D eigenvalue weighted by Gasteiger charge is -2.43. The highest BCUT2D eigenvalue weighted by atomic mass is 16.3. The summed E-state index contributed by atoms with van der Waals surface area (Å²) >= 11 is 0. The molecular weight excluding hydrogens is 150 g/mol. The number of nitrogens with zero attached hydrogens (tertiary/aromatic N) is 1. The van der Waals surface area contributed by atoms with Crippen molar-refractivity contribution in [1.29, 1.82) is 0 Å². The summed E-state index contributed by atoms with van der Waals surface area (Å²) in [6.07, 6.45) is 1.62. The Kier molecular flexibility index (Phi) is 2.78. The molecule has 0 saturated carbocycles. The lowest BCUT2D eigenvalue weighted by molar-refractivity contribution is 0.0340. The van der Waals surface area contributed by atoms with Crippen LogP contribution in [-0.4, -0.2) is 28.2 Å². The molecule has 1 aliphatic heterocycles. The van der Waals surface area contributed by atoms with Crippen LogP contribution in [0.5, 0.6) is 0 Å². The van der Waals surface area contributed by atoms with Crippen LogP contribution in [-0.2, 0) is 0 Å². The molecule has 1 fully saturated rings. The van der Waals surface area contributed by atoms with E-state index in [1.807, 2.05) is 6.92 Å². The Labute approximate surface area is 74.9 Å². The van der Waals surface area contributed by atoms with Crippen molar-refractivity contribution in [1.82, 2.24) is 4.90 Å². The summed E-state index contributed by atoms with van der Waals surface area (Å²) in [6, 6.07) is 0.863. The van der Waals surface area contributed by atoms with Crippen LogP contribution in [0.4, 0.5) is 0 Å². The highest BCUT2D eigenvalue weighted by Gasteiger charge is 2.28. The van der Waals surface area contributed by atoms with Crippen molar-refractivity contribution in [3.63, 3.8) is 0 Å². The fraction of sp³-hybridized carbons (Fsp3) is 0.800. The van der Waals surface area contributed by atoms with Gasteiger partial charge in [-0.15, -0.1) is 0 Å². The van der Waals surface area contributed by atoms with Gasteiger partial charge in [-0.1, -0.05) is 6.58 Å². The van der Waals surface area contributed by atoms with Crippen molar-refractivity contribution < 1.29 is 5.11 Å². The van der Waals surface area contributed by atoms with Gasteiger partial charge in [0, 0.05) is 17.8 Å². The maximum absolute atomic E-state index is 9.49. The topological polar surface area (TPSA) is 23.5 Å². The first-order valence-corrected chi connectivity index (χ1v) is 4.64. The Morgan fingerprint density at radius 1 is 1.33 bits per heavy atom. The zero-order valence-corrected chi connectivity index (χ0v) is 8.25. The van der Waals surface area contributed by atoms with Gasteiger partial charge in [0.05, 0.1) is 6.10 Å². The van der Waals surface area contributed by atoms with E-state index in [0.29, 0.717) is 12.1 Å². The van der Waals surface area contributed by atoms with Crippen molar-refractivity contribution in [3.05, 3.63) is 12.3 Å². The molecule has 0 amide bonds. The van der Waals surface area contributed by atoms with E-state index < -0.39 is 0 Å². The average Bonchev–Trinajstić information content (AvgIpc) is 1.82. The molecule has 1 heterocycles. The van der Waals surface area contributed by atoms with E-state index >= 15 is 0 Å². The molecule has 0 aromatic heterocycles. The lowest BCUT2D eigenvalue weighted by atomic mass is 9.94. The lowest BCUT2D eigenvalue weighted by Crippen LogP contribution is -2.46. The standard InChI is InChI=1S/C10H19NO/c1-7(2)11-8(3)5-10(12)6-9(11)4/h8-10,12H,1,5-6H2,2-4H3. The Balaban J connectivity index is 2.66. The van der Waals surface area contributed by atoms with Crippen molar-refractivity contribution in [2.75, 3.05) is 0 Å². The van der Waals surface area contributed by atoms with Crippen LogP contribution < -0.4 is 0 Å². The van der Waals surface area contributed by atoms with Gasteiger partial charge < -0.3 is 10.0 Å². The molecule has 12 heavy (non-hydrogen) atoms. The van der Waals surface area contributed by atoms with Crippen molar-refractivity contribution in [3.8, 4) is 0 Å². The van der Waals surface area contributed by atoms with E-state index in [0.717, 1.165) is 18.5 Å². The van der Waals surface area contributed by atoms with Gasteiger partial charge in [0.2, 0.25) is 0 Å². The third kappa shape index (κ3) is 1.81. The molecule has 0 bridgehead atoms. The average molecular weight is 169 g/mol. The van der Waals surface area contributed by atoms with E-state index in [4.69, 9.17) is 0 Å². The van der Waals surface area contributed by atoms with Crippen LogP contribution in [0.1, 0.15) is 33.6 Å². The molecule has 0 aliphatic carbocycles. The Hall–Kier alpha value is -0.500. The third-order valence-corrected chi connectivity index (χ3v) is 2.62. The van der Waals surface area contributed by atoms with Crippen LogP contribution >= 0.6 is 0 Å². The van der Waals surface area contributed by atoms with E-state index in [1.54, 1.807) is 0 Å². The highest BCUT2D eigenvalue weighted by Crippen LogP contribution is 2.25. The molecule has 1 N–H and O–H groups in total. The second kappa shape index (κ2) is 3.48. The van der Waals surface area contributed by atoms with Gasteiger partial charge in [-0.2, -0.15) is 0 Å². The first-order valence-electron chi connectivity index (χ1n) is 4.64. The van der Waals surface area contributed by atoms with E-state index in [2.05, 4.69) is 25.3 Å². The number of rotatable bonds is 1.